The number of rotatable bonds is 2. The number of hydrogen-bond acceptors (Lipinski definition) is 7. The summed E-state index contributed by atoms with van der Waals surface area (Å²) >= 11 is 0. The average molecular weight is 501 g/mol. The first-order chi connectivity index (χ1) is 16.2. The molecule has 0 saturated carbocycles. The summed E-state index contributed by atoms with van der Waals surface area (Å²) in [6, 6.07) is -1.25. The van der Waals surface area contributed by atoms with Crippen molar-refractivity contribution in [2.75, 3.05) is 20.2 Å². The molecule has 2 fully saturated rings. The molecule has 2 aliphatic heterocycles. The van der Waals surface area contributed by atoms with Gasteiger partial charge >= 0.3 is 24.1 Å². The largest absolute Gasteiger partial charge is 0.480 e. The van der Waals surface area contributed by atoms with Crippen molar-refractivity contribution in [2.24, 2.45) is 0 Å². The number of carbonyl (C=O) groups excluding carboxylic acids is 3. The Morgan fingerprint density at radius 2 is 1.09 bits per heavy atom. The maximum atomic E-state index is 12.1. The van der Waals surface area contributed by atoms with Gasteiger partial charge in [-0.05, 0) is 67.2 Å². The molecular formula is C25H44N2O8. The van der Waals surface area contributed by atoms with E-state index in [1.807, 2.05) is 20.8 Å². The van der Waals surface area contributed by atoms with E-state index in [1.54, 1.807) is 20.8 Å². The molecule has 10 nitrogen and oxygen atoms in total. The summed E-state index contributed by atoms with van der Waals surface area (Å²) in [6.45, 7) is 11.8. The van der Waals surface area contributed by atoms with Crippen molar-refractivity contribution < 1.29 is 38.5 Å². The molecule has 0 radical (unpaired) electrons. The van der Waals surface area contributed by atoms with Gasteiger partial charge in [0.15, 0.2) is 0 Å². The molecule has 2 rings (SSSR count). The van der Waals surface area contributed by atoms with Gasteiger partial charge in [-0.1, -0.05) is 25.7 Å². The zero-order chi connectivity index (χ0) is 26.8. The Morgan fingerprint density at radius 3 is 1.46 bits per heavy atom. The van der Waals surface area contributed by atoms with Crippen LogP contribution in [-0.4, -0.2) is 82.5 Å². The molecule has 2 aliphatic rings. The molecule has 0 spiro atoms. The van der Waals surface area contributed by atoms with Crippen molar-refractivity contribution >= 4 is 24.1 Å². The van der Waals surface area contributed by atoms with Crippen LogP contribution in [-0.2, 0) is 23.8 Å². The third kappa shape index (κ3) is 11.2. The maximum Gasteiger partial charge on any atom is 0.411 e. The Hall–Kier alpha value is -2.52. The molecule has 0 aliphatic carbocycles. The molecule has 2 unspecified atom stereocenters. The van der Waals surface area contributed by atoms with Crippen molar-refractivity contribution in [1.29, 1.82) is 0 Å². The molecule has 0 aromatic heterocycles. The Kier molecular flexibility index (Phi) is 11.8. The molecule has 202 valence electrons. The molecule has 2 saturated heterocycles. The quantitative estimate of drug-likeness (QED) is 0.431. The average Bonchev–Trinajstić information content (AvgIpc) is 3.12. The van der Waals surface area contributed by atoms with E-state index < -0.39 is 41.4 Å². The fraction of sp³-hybridized carbons (Fsp3) is 0.840. The number of ether oxygens (including phenoxy) is 3. The molecule has 2 heterocycles. The molecule has 0 aromatic carbocycles. The summed E-state index contributed by atoms with van der Waals surface area (Å²) in [5.74, 6) is -1.31. The lowest BCUT2D eigenvalue weighted by atomic mass is 10.1. The second-order valence-corrected chi connectivity index (χ2v) is 10.9. The van der Waals surface area contributed by atoms with Gasteiger partial charge in [-0.3, -0.25) is 9.80 Å². The van der Waals surface area contributed by atoms with Crippen LogP contribution in [0.3, 0.4) is 0 Å². The van der Waals surface area contributed by atoms with Crippen LogP contribution < -0.4 is 0 Å². The topological polar surface area (TPSA) is 123 Å². The van der Waals surface area contributed by atoms with Gasteiger partial charge in [-0.25, -0.2) is 19.2 Å². The summed E-state index contributed by atoms with van der Waals surface area (Å²) < 4.78 is 15.3. The first-order valence-electron chi connectivity index (χ1n) is 12.5. The minimum absolute atomic E-state index is 0.359. The number of methoxy groups -OCH3 is 1. The highest BCUT2D eigenvalue weighted by atomic mass is 16.6. The van der Waals surface area contributed by atoms with Crippen LogP contribution in [0.2, 0.25) is 0 Å². The number of carboxylic acids is 1. The monoisotopic (exact) mass is 500 g/mol. The van der Waals surface area contributed by atoms with Gasteiger partial charge < -0.3 is 19.3 Å². The molecule has 0 bridgehead atoms. The van der Waals surface area contributed by atoms with E-state index in [9.17, 15) is 19.2 Å². The highest BCUT2D eigenvalue weighted by molar-refractivity contribution is 5.81. The predicted octanol–water partition coefficient (Wildman–Crippen LogP) is 4.59. The van der Waals surface area contributed by atoms with Crippen LogP contribution >= 0.6 is 0 Å². The van der Waals surface area contributed by atoms with Gasteiger partial charge in [-0.2, -0.15) is 0 Å². The summed E-state index contributed by atoms with van der Waals surface area (Å²) in [4.78, 5) is 49.7. The molecule has 2 amide bonds. The van der Waals surface area contributed by atoms with E-state index in [0.29, 0.717) is 25.9 Å². The number of carboxylic acid groups (broad SMARTS) is 1. The number of esters is 1. The normalized spacial score (nSPS) is 21.5. The van der Waals surface area contributed by atoms with Crippen LogP contribution in [0.25, 0.3) is 0 Å². The number of carbonyl (C=O) groups is 4. The Bertz CT molecular complexity index is 726. The Balaban J connectivity index is 0.000000351. The van der Waals surface area contributed by atoms with Gasteiger partial charge in [-0.15, -0.1) is 0 Å². The second kappa shape index (κ2) is 13.5. The van der Waals surface area contributed by atoms with E-state index >= 15 is 0 Å². The van der Waals surface area contributed by atoms with Crippen molar-refractivity contribution in [3.63, 3.8) is 0 Å². The third-order valence-corrected chi connectivity index (χ3v) is 5.52. The Labute approximate surface area is 209 Å². The fourth-order valence-corrected chi connectivity index (χ4v) is 3.93. The van der Waals surface area contributed by atoms with E-state index in [4.69, 9.17) is 19.3 Å². The number of hydrogen-bond donors (Lipinski definition) is 1. The van der Waals surface area contributed by atoms with Gasteiger partial charge in [0, 0.05) is 13.1 Å². The van der Waals surface area contributed by atoms with Crippen molar-refractivity contribution in [3.8, 4) is 0 Å². The third-order valence-electron chi connectivity index (χ3n) is 5.52. The SMILES string of the molecule is CC(C)(C)OC(=O)N1CCCCCC1C(=O)O.COC(=O)C1CCCCCN1C(=O)OC(C)(C)C. The van der Waals surface area contributed by atoms with E-state index in [1.165, 1.54) is 16.9 Å². The van der Waals surface area contributed by atoms with Crippen molar-refractivity contribution in [2.45, 2.75) is 116 Å². The fourth-order valence-electron chi connectivity index (χ4n) is 3.93. The van der Waals surface area contributed by atoms with Crippen molar-refractivity contribution in [1.82, 2.24) is 9.80 Å². The molecule has 2 atom stereocenters. The second-order valence-electron chi connectivity index (χ2n) is 10.9. The summed E-state index contributed by atoms with van der Waals surface area (Å²) in [5, 5.41) is 9.13. The zero-order valence-corrected chi connectivity index (χ0v) is 22.4. The Morgan fingerprint density at radius 1 is 0.686 bits per heavy atom. The number of aliphatic carboxylic acids is 1. The van der Waals surface area contributed by atoms with Gasteiger partial charge in [0.1, 0.15) is 23.3 Å². The minimum Gasteiger partial charge on any atom is -0.480 e. The van der Waals surface area contributed by atoms with Crippen LogP contribution in [0.15, 0.2) is 0 Å². The van der Waals surface area contributed by atoms with E-state index in [-0.39, 0.29) is 5.97 Å². The highest BCUT2D eigenvalue weighted by Gasteiger charge is 2.35. The smallest absolute Gasteiger partial charge is 0.411 e. The van der Waals surface area contributed by atoms with E-state index in [2.05, 4.69) is 0 Å². The first kappa shape index (κ1) is 30.5. The van der Waals surface area contributed by atoms with Crippen LogP contribution in [0.4, 0.5) is 9.59 Å². The summed E-state index contributed by atoms with van der Waals surface area (Å²) in [6.07, 6.45) is 5.69. The van der Waals surface area contributed by atoms with Crippen LogP contribution in [0.5, 0.6) is 0 Å². The molecular weight excluding hydrogens is 456 g/mol. The summed E-state index contributed by atoms with van der Waals surface area (Å²) in [5.41, 5.74) is -1.14. The number of likely N-dealkylation sites (tertiary alicyclic amines) is 2. The highest BCUT2D eigenvalue weighted by Crippen LogP contribution is 2.22. The number of amides is 2. The lowest BCUT2D eigenvalue weighted by Crippen LogP contribution is -2.47. The molecule has 0 aromatic rings. The van der Waals surface area contributed by atoms with E-state index in [0.717, 1.165) is 38.5 Å². The van der Waals surface area contributed by atoms with Gasteiger partial charge in [0.05, 0.1) is 7.11 Å². The van der Waals surface area contributed by atoms with Gasteiger partial charge in [0.2, 0.25) is 0 Å². The predicted molar refractivity (Wildman–Crippen MR) is 130 cm³/mol. The minimum atomic E-state index is -0.947. The molecule has 1 N–H and O–H groups in total. The first-order valence-corrected chi connectivity index (χ1v) is 12.5. The van der Waals surface area contributed by atoms with Gasteiger partial charge in [0.25, 0.3) is 0 Å². The number of nitrogens with zero attached hydrogens (tertiary/aromatic N) is 2. The van der Waals surface area contributed by atoms with Crippen molar-refractivity contribution in [3.05, 3.63) is 0 Å². The zero-order valence-electron chi connectivity index (χ0n) is 22.4. The lowest BCUT2D eigenvalue weighted by Gasteiger charge is -2.30. The maximum absolute atomic E-state index is 12.1. The van der Waals surface area contributed by atoms with Crippen LogP contribution in [0.1, 0.15) is 92.9 Å². The standard InChI is InChI=1S/C13H23NO4.C12H21NO4/c1-13(2,3)18-12(16)14-9-7-5-6-8-10(14)11(15)17-4;1-12(2,3)17-11(16)13-8-6-4-5-7-9(13)10(14)15/h10H,5-9H2,1-4H3;9H,4-8H2,1-3H3,(H,14,15). The lowest BCUT2D eigenvalue weighted by molar-refractivity contribution is -0.147. The molecule has 10 heteroatoms. The summed E-state index contributed by atoms with van der Waals surface area (Å²) in [7, 11) is 1.35. The van der Waals surface area contributed by atoms with Crippen LogP contribution in [0, 0.1) is 0 Å². The molecule has 35 heavy (non-hydrogen) atoms.